The first-order valence-electron chi connectivity index (χ1n) is 8.95. The lowest BCUT2D eigenvalue weighted by Crippen LogP contribution is -2.69. The fraction of sp³-hybridized carbons (Fsp3) is 0.526. The second kappa shape index (κ2) is 7.35. The quantitative estimate of drug-likeness (QED) is 0.866. The Bertz CT molecular complexity index is 718. The fourth-order valence-electron chi connectivity index (χ4n) is 3.56. The van der Waals surface area contributed by atoms with Crippen LogP contribution in [0.5, 0.6) is 5.75 Å². The summed E-state index contributed by atoms with van der Waals surface area (Å²) in [6.45, 7) is 5.05. The normalized spacial score (nSPS) is 22.9. The topological polar surface area (TPSA) is 79.0 Å². The zero-order valence-electron chi connectivity index (χ0n) is 15.4. The van der Waals surface area contributed by atoms with Crippen molar-refractivity contribution in [3.05, 3.63) is 29.8 Å². The number of rotatable bonds is 4. The highest BCUT2D eigenvalue weighted by Crippen LogP contribution is 2.21. The van der Waals surface area contributed by atoms with Crippen molar-refractivity contribution in [1.29, 1.82) is 0 Å². The summed E-state index contributed by atoms with van der Waals surface area (Å²) in [6, 6.07) is 5.86. The third-order valence-corrected chi connectivity index (χ3v) is 4.89. The van der Waals surface area contributed by atoms with Crippen LogP contribution in [0.2, 0.25) is 0 Å². The lowest BCUT2D eigenvalue weighted by molar-refractivity contribution is -0.152. The molecule has 2 saturated heterocycles. The third-order valence-electron chi connectivity index (χ3n) is 4.89. The lowest BCUT2D eigenvalue weighted by atomic mass is 9.97. The Morgan fingerprint density at radius 1 is 1.31 bits per heavy atom. The summed E-state index contributed by atoms with van der Waals surface area (Å²) in [5, 5.41) is 2.83. The van der Waals surface area contributed by atoms with Crippen molar-refractivity contribution in [3.63, 3.8) is 0 Å². The number of nitrogens with one attached hydrogen (secondary N) is 1. The number of amides is 3. The molecule has 1 aromatic carbocycles. The molecule has 0 aliphatic carbocycles. The van der Waals surface area contributed by atoms with Crippen molar-refractivity contribution in [3.8, 4) is 5.75 Å². The monoisotopic (exact) mass is 359 g/mol. The molecule has 1 N–H and O–H groups in total. The molecule has 3 rings (SSSR count). The number of hydrogen-bond acceptors (Lipinski definition) is 4. The summed E-state index contributed by atoms with van der Waals surface area (Å²) in [5.74, 6) is 0.539. The maximum absolute atomic E-state index is 12.8. The average Bonchev–Trinajstić information content (AvgIpc) is 2.64. The van der Waals surface area contributed by atoms with E-state index in [2.05, 4.69) is 5.32 Å². The number of methoxy groups -OCH3 is 1. The SMILES string of the molecule is COc1cccc(C(=O)N2CCN3C(=O)[C@@H](CC(C)C)NC(=O)[C@H]3C2)c1. The molecule has 26 heavy (non-hydrogen) atoms. The number of carbonyl (C=O) groups excluding carboxylic acids is 3. The highest BCUT2D eigenvalue weighted by molar-refractivity contribution is 5.99. The summed E-state index contributed by atoms with van der Waals surface area (Å²) >= 11 is 0. The van der Waals surface area contributed by atoms with Crippen molar-refractivity contribution < 1.29 is 19.1 Å². The van der Waals surface area contributed by atoms with Crippen LogP contribution in [0, 0.1) is 5.92 Å². The number of benzene rings is 1. The second-order valence-electron chi connectivity index (χ2n) is 7.22. The van der Waals surface area contributed by atoms with Gasteiger partial charge in [-0.3, -0.25) is 14.4 Å². The van der Waals surface area contributed by atoms with Gasteiger partial charge in [0.2, 0.25) is 11.8 Å². The van der Waals surface area contributed by atoms with Crippen molar-refractivity contribution in [2.45, 2.75) is 32.4 Å². The van der Waals surface area contributed by atoms with E-state index in [4.69, 9.17) is 4.74 Å². The minimum Gasteiger partial charge on any atom is -0.497 e. The first kappa shape index (κ1) is 18.2. The third kappa shape index (κ3) is 3.52. The summed E-state index contributed by atoms with van der Waals surface area (Å²) < 4.78 is 5.16. The number of nitrogens with zero attached hydrogens (tertiary/aromatic N) is 2. The Labute approximate surface area is 153 Å². The molecule has 0 bridgehead atoms. The van der Waals surface area contributed by atoms with Gasteiger partial charge in [-0.05, 0) is 30.5 Å². The van der Waals surface area contributed by atoms with E-state index in [-0.39, 0.29) is 24.3 Å². The first-order valence-corrected chi connectivity index (χ1v) is 8.95. The molecule has 2 aliphatic rings. The minimum absolute atomic E-state index is 0.0446. The van der Waals surface area contributed by atoms with Gasteiger partial charge < -0.3 is 19.9 Å². The van der Waals surface area contributed by atoms with Gasteiger partial charge >= 0.3 is 0 Å². The molecule has 2 atom stereocenters. The van der Waals surface area contributed by atoms with Gasteiger partial charge in [0.15, 0.2) is 0 Å². The molecule has 3 amide bonds. The molecule has 1 aromatic rings. The molecule has 7 heteroatoms. The molecular formula is C19H25N3O4. The molecule has 2 heterocycles. The van der Waals surface area contributed by atoms with E-state index in [0.717, 1.165) is 0 Å². The van der Waals surface area contributed by atoms with E-state index < -0.39 is 12.1 Å². The van der Waals surface area contributed by atoms with E-state index in [9.17, 15) is 14.4 Å². The van der Waals surface area contributed by atoms with Crippen LogP contribution in [0.4, 0.5) is 0 Å². The number of hydrogen-bond donors (Lipinski definition) is 1. The molecule has 7 nitrogen and oxygen atoms in total. The minimum atomic E-state index is -0.616. The molecule has 2 fully saturated rings. The van der Waals surface area contributed by atoms with Crippen LogP contribution in [0.15, 0.2) is 24.3 Å². The van der Waals surface area contributed by atoms with Crippen LogP contribution in [0.1, 0.15) is 30.6 Å². The number of fused-ring (bicyclic) bond motifs is 1. The van der Waals surface area contributed by atoms with E-state index in [1.165, 1.54) is 0 Å². The molecule has 0 saturated carbocycles. The molecule has 140 valence electrons. The van der Waals surface area contributed by atoms with Crippen LogP contribution in [0.3, 0.4) is 0 Å². The van der Waals surface area contributed by atoms with Gasteiger partial charge in [-0.1, -0.05) is 19.9 Å². The van der Waals surface area contributed by atoms with Crippen LogP contribution in [-0.2, 0) is 9.59 Å². The van der Waals surface area contributed by atoms with Gasteiger partial charge in [-0.15, -0.1) is 0 Å². The van der Waals surface area contributed by atoms with Crippen LogP contribution in [0.25, 0.3) is 0 Å². The molecule has 0 radical (unpaired) electrons. The Hall–Kier alpha value is -2.57. The summed E-state index contributed by atoms with van der Waals surface area (Å²) in [7, 11) is 1.55. The van der Waals surface area contributed by atoms with Crippen LogP contribution < -0.4 is 10.1 Å². The molecule has 0 aromatic heterocycles. The van der Waals surface area contributed by atoms with Gasteiger partial charge in [0.05, 0.1) is 13.7 Å². The maximum Gasteiger partial charge on any atom is 0.254 e. The van der Waals surface area contributed by atoms with E-state index in [1.54, 1.807) is 41.2 Å². The summed E-state index contributed by atoms with van der Waals surface area (Å²) in [4.78, 5) is 41.2. The van der Waals surface area contributed by atoms with Crippen molar-refractivity contribution in [2.75, 3.05) is 26.7 Å². The Kier molecular flexibility index (Phi) is 5.15. The number of piperazine rings is 2. The Balaban J connectivity index is 1.72. The van der Waals surface area contributed by atoms with Gasteiger partial charge in [-0.25, -0.2) is 0 Å². The van der Waals surface area contributed by atoms with Crippen LogP contribution >= 0.6 is 0 Å². The zero-order chi connectivity index (χ0) is 18.8. The Morgan fingerprint density at radius 2 is 2.08 bits per heavy atom. The Morgan fingerprint density at radius 3 is 2.77 bits per heavy atom. The van der Waals surface area contributed by atoms with E-state index >= 15 is 0 Å². The summed E-state index contributed by atoms with van der Waals surface area (Å²) in [5.41, 5.74) is 0.512. The van der Waals surface area contributed by atoms with Crippen LogP contribution in [-0.4, -0.2) is 66.3 Å². The highest BCUT2D eigenvalue weighted by atomic mass is 16.5. The number of carbonyl (C=O) groups is 3. The molecule has 0 unspecified atom stereocenters. The predicted molar refractivity (Wildman–Crippen MR) is 95.8 cm³/mol. The van der Waals surface area contributed by atoms with Gasteiger partial charge in [0.25, 0.3) is 5.91 Å². The largest absolute Gasteiger partial charge is 0.497 e. The van der Waals surface area contributed by atoms with Gasteiger partial charge in [-0.2, -0.15) is 0 Å². The molecule has 0 spiro atoms. The molecular weight excluding hydrogens is 334 g/mol. The second-order valence-corrected chi connectivity index (χ2v) is 7.22. The number of ether oxygens (including phenoxy) is 1. The lowest BCUT2D eigenvalue weighted by Gasteiger charge is -2.45. The van der Waals surface area contributed by atoms with E-state index in [0.29, 0.717) is 36.7 Å². The highest BCUT2D eigenvalue weighted by Gasteiger charge is 2.44. The van der Waals surface area contributed by atoms with Crippen molar-refractivity contribution >= 4 is 17.7 Å². The van der Waals surface area contributed by atoms with Gasteiger partial charge in [0, 0.05) is 18.7 Å². The zero-order valence-corrected chi connectivity index (χ0v) is 15.4. The summed E-state index contributed by atoms with van der Waals surface area (Å²) in [6.07, 6.45) is 0.625. The predicted octanol–water partition coefficient (Wildman–Crippen LogP) is 0.893. The average molecular weight is 359 g/mol. The standard InChI is InChI=1S/C19H25N3O4/c1-12(2)9-15-19(25)22-8-7-21(11-16(22)17(23)20-15)18(24)13-5-4-6-14(10-13)26-3/h4-6,10,12,15-16H,7-9,11H2,1-3H3,(H,20,23)/t15-,16-/m1/s1. The first-order chi connectivity index (χ1) is 12.4. The smallest absolute Gasteiger partial charge is 0.254 e. The fourth-order valence-corrected chi connectivity index (χ4v) is 3.56. The maximum atomic E-state index is 12.8. The molecule has 2 aliphatic heterocycles. The van der Waals surface area contributed by atoms with Gasteiger partial charge in [0.1, 0.15) is 17.8 Å². The van der Waals surface area contributed by atoms with Crippen molar-refractivity contribution in [2.24, 2.45) is 5.92 Å². The van der Waals surface area contributed by atoms with Crippen molar-refractivity contribution in [1.82, 2.24) is 15.1 Å². The van der Waals surface area contributed by atoms with E-state index in [1.807, 2.05) is 13.8 Å².